The average molecular weight is 454 g/mol. The molecule has 12 heteroatoms. The van der Waals surface area contributed by atoms with Crippen LogP contribution in [0.5, 0.6) is 11.5 Å². The van der Waals surface area contributed by atoms with Gasteiger partial charge in [0.1, 0.15) is 4.90 Å². The first kappa shape index (κ1) is 22.6. The molecule has 0 heterocycles. The van der Waals surface area contributed by atoms with Gasteiger partial charge in [0.15, 0.2) is 11.5 Å². The summed E-state index contributed by atoms with van der Waals surface area (Å²) in [6.45, 7) is 0. The van der Waals surface area contributed by atoms with Gasteiger partial charge in [-0.2, -0.15) is 13.2 Å². The Balaban J connectivity index is 2.62. The van der Waals surface area contributed by atoms with Gasteiger partial charge in [0, 0.05) is 12.1 Å². The number of alkyl halides is 3. The van der Waals surface area contributed by atoms with Crippen LogP contribution in [-0.4, -0.2) is 35.7 Å². The molecule has 0 aliphatic heterocycles. The van der Waals surface area contributed by atoms with E-state index in [0.717, 1.165) is 25.3 Å². The number of hydrogen-bond donors (Lipinski definition) is 1. The van der Waals surface area contributed by atoms with Crippen LogP contribution in [0, 0.1) is 0 Å². The Morgan fingerprint density at radius 3 is 2.14 bits per heavy atom. The van der Waals surface area contributed by atoms with Crippen molar-refractivity contribution in [2.24, 2.45) is 0 Å². The third kappa shape index (κ3) is 4.85. The molecule has 2 aromatic rings. The second kappa shape index (κ2) is 8.37. The molecule has 2 aromatic carbocycles. The summed E-state index contributed by atoms with van der Waals surface area (Å²) in [6, 6.07) is 4.15. The van der Waals surface area contributed by atoms with Gasteiger partial charge in [0.05, 0.1) is 43.2 Å². The molecule has 2 rings (SSSR count). The minimum absolute atomic E-state index is 0.0630. The van der Waals surface area contributed by atoms with Gasteiger partial charge in [-0.1, -0.05) is 11.6 Å². The normalized spacial score (nSPS) is 11.7. The molecule has 0 amide bonds. The Kier molecular flexibility index (Phi) is 6.53. The number of esters is 1. The van der Waals surface area contributed by atoms with Crippen molar-refractivity contribution >= 4 is 33.3 Å². The quantitative estimate of drug-likeness (QED) is 0.666. The van der Waals surface area contributed by atoms with Crippen LogP contribution in [0.15, 0.2) is 35.2 Å². The predicted molar refractivity (Wildman–Crippen MR) is 98.1 cm³/mol. The van der Waals surface area contributed by atoms with E-state index in [2.05, 4.69) is 4.74 Å². The Morgan fingerprint density at radius 1 is 1.03 bits per heavy atom. The van der Waals surface area contributed by atoms with Gasteiger partial charge in [-0.15, -0.1) is 0 Å². The fraction of sp³-hybridized carbons (Fsp3) is 0.235. The topological polar surface area (TPSA) is 90.9 Å². The van der Waals surface area contributed by atoms with Crippen LogP contribution in [0.4, 0.5) is 18.9 Å². The van der Waals surface area contributed by atoms with Gasteiger partial charge in [-0.25, -0.2) is 13.2 Å². The lowest BCUT2D eigenvalue weighted by Crippen LogP contribution is -2.18. The van der Waals surface area contributed by atoms with E-state index in [9.17, 15) is 26.4 Å². The minimum Gasteiger partial charge on any atom is -0.493 e. The zero-order chi connectivity index (χ0) is 22.0. The molecular formula is C17H15ClF3NO6S. The molecule has 0 aliphatic carbocycles. The average Bonchev–Trinajstić information content (AvgIpc) is 2.65. The summed E-state index contributed by atoms with van der Waals surface area (Å²) in [5, 5.41) is -0.439. The van der Waals surface area contributed by atoms with E-state index in [4.69, 9.17) is 21.1 Å². The summed E-state index contributed by atoms with van der Waals surface area (Å²) in [6.07, 6.45) is -4.78. The third-order valence-electron chi connectivity index (χ3n) is 3.72. The Labute approximate surface area is 169 Å². The minimum atomic E-state index is -4.78. The molecule has 29 heavy (non-hydrogen) atoms. The molecule has 0 aliphatic rings. The molecule has 0 radical (unpaired) electrons. The number of hydrogen-bond acceptors (Lipinski definition) is 6. The molecule has 0 atom stereocenters. The molecular weight excluding hydrogens is 439 g/mol. The fourth-order valence-corrected chi connectivity index (χ4v) is 3.93. The van der Waals surface area contributed by atoms with E-state index in [0.29, 0.717) is 12.1 Å². The van der Waals surface area contributed by atoms with Crippen molar-refractivity contribution in [1.82, 2.24) is 0 Å². The Morgan fingerprint density at radius 2 is 1.62 bits per heavy atom. The highest BCUT2D eigenvalue weighted by Gasteiger charge is 2.33. The first-order valence-corrected chi connectivity index (χ1v) is 9.54. The summed E-state index contributed by atoms with van der Waals surface area (Å²) in [7, 11) is -0.979. The molecule has 0 saturated heterocycles. The number of benzene rings is 2. The van der Waals surface area contributed by atoms with E-state index in [1.54, 1.807) is 0 Å². The molecule has 0 bridgehead atoms. The maximum atomic E-state index is 13.0. The predicted octanol–water partition coefficient (Wildman–Crippen LogP) is 3.96. The Hall–Kier alpha value is -2.66. The zero-order valence-corrected chi connectivity index (χ0v) is 16.8. The summed E-state index contributed by atoms with van der Waals surface area (Å²) in [5.41, 5.74) is -1.76. The highest BCUT2D eigenvalue weighted by atomic mass is 35.5. The number of rotatable bonds is 6. The highest BCUT2D eigenvalue weighted by Crippen LogP contribution is 2.37. The largest absolute Gasteiger partial charge is 0.493 e. The van der Waals surface area contributed by atoms with Crippen LogP contribution in [0.1, 0.15) is 15.9 Å². The van der Waals surface area contributed by atoms with Crippen LogP contribution in [-0.2, 0) is 20.9 Å². The van der Waals surface area contributed by atoms with Crippen molar-refractivity contribution in [1.29, 1.82) is 0 Å². The van der Waals surface area contributed by atoms with Gasteiger partial charge < -0.3 is 14.2 Å². The standard InChI is InChI=1S/C17H15ClF3NO6S/c1-26-13-7-10(16(23)28-3)12(8-14(13)27-2)22-29(24,25)15-6-9(17(19,20)21)4-5-11(15)18/h4-8,22H,1-3H3. The smallest absolute Gasteiger partial charge is 0.416 e. The number of carbonyl (C=O) groups is 1. The van der Waals surface area contributed by atoms with Crippen molar-refractivity contribution in [3.05, 3.63) is 46.5 Å². The molecule has 0 saturated carbocycles. The maximum absolute atomic E-state index is 13.0. The summed E-state index contributed by atoms with van der Waals surface area (Å²) < 4.78 is 81.1. The summed E-state index contributed by atoms with van der Waals surface area (Å²) in [5.74, 6) is -0.750. The van der Waals surface area contributed by atoms with Crippen molar-refractivity contribution in [3.8, 4) is 11.5 Å². The molecule has 1 N–H and O–H groups in total. The first-order chi connectivity index (χ1) is 13.4. The van der Waals surface area contributed by atoms with Gasteiger partial charge in [0.2, 0.25) is 0 Å². The van der Waals surface area contributed by atoms with Gasteiger partial charge in [-0.3, -0.25) is 4.72 Å². The zero-order valence-electron chi connectivity index (χ0n) is 15.3. The maximum Gasteiger partial charge on any atom is 0.416 e. The number of nitrogens with one attached hydrogen (secondary N) is 1. The number of anilines is 1. The van der Waals surface area contributed by atoms with E-state index < -0.39 is 37.7 Å². The lowest BCUT2D eigenvalue weighted by molar-refractivity contribution is -0.137. The Bertz CT molecular complexity index is 1040. The fourth-order valence-electron chi connectivity index (χ4n) is 2.33. The number of ether oxygens (including phenoxy) is 3. The molecule has 7 nitrogen and oxygen atoms in total. The third-order valence-corrected chi connectivity index (χ3v) is 5.57. The van der Waals surface area contributed by atoms with Crippen molar-refractivity contribution in [2.75, 3.05) is 26.1 Å². The molecule has 0 unspecified atom stereocenters. The highest BCUT2D eigenvalue weighted by molar-refractivity contribution is 7.92. The van der Waals surface area contributed by atoms with Gasteiger partial charge in [-0.05, 0) is 18.2 Å². The van der Waals surface area contributed by atoms with E-state index in [1.807, 2.05) is 4.72 Å². The van der Waals surface area contributed by atoms with Gasteiger partial charge in [0.25, 0.3) is 10.0 Å². The van der Waals surface area contributed by atoms with E-state index in [-0.39, 0.29) is 22.7 Å². The number of methoxy groups -OCH3 is 3. The second-order valence-corrected chi connectivity index (χ2v) is 7.55. The van der Waals surface area contributed by atoms with Crippen molar-refractivity contribution < 1.29 is 40.6 Å². The van der Waals surface area contributed by atoms with Crippen LogP contribution < -0.4 is 14.2 Å². The number of carbonyl (C=O) groups excluding carboxylic acids is 1. The van der Waals surface area contributed by atoms with Gasteiger partial charge >= 0.3 is 12.1 Å². The summed E-state index contributed by atoms with van der Waals surface area (Å²) >= 11 is 5.81. The molecule has 158 valence electrons. The number of halogens is 4. The summed E-state index contributed by atoms with van der Waals surface area (Å²) in [4.78, 5) is 11.2. The van der Waals surface area contributed by atoms with Crippen LogP contribution in [0.2, 0.25) is 5.02 Å². The first-order valence-electron chi connectivity index (χ1n) is 7.68. The van der Waals surface area contributed by atoms with E-state index >= 15 is 0 Å². The SMILES string of the molecule is COC(=O)c1cc(OC)c(OC)cc1NS(=O)(=O)c1cc(C(F)(F)F)ccc1Cl. The lowest BCUT2D eigenvalue weighted by atomic mass is 10.1. The molecule has 0 spiro atoms. The van der Waals surface area contributed by atoms with Crippen LogP contribution in [0.25, 0.3) is 0 Å². The van der Waals surface area contributed by atoms with Crippen LogP contribution >= 0.6 is 11.6 Å². The molecule has 0 aromatic heterocycles. The second-order valence-electron chi connectivity index (χ2n) is 5.49. The van der Waals surface area contributed by atoms with Crippen molar-refractivity contribution in [3.63, 3.8) is 0 Å². The van der Waals surface area contributed by atoms with E-state index in [1.165, 1.54) is 14.2 Å². The monoisotopic (exact) mass is 453 g/mol. The molecule has 0 fully saturated rings. The van der Waals surface area contributed by atoms with Crippen LogP contribution in [0.3, 0.4) is 0 Å². The lowest BCUT2D eigenvalue weighted by Gasteiger charge is -2.16. The van der Waals surface area contributed by atoms with Crippen molar-refractivity contribution in [2.45, 2.75) is 11.1 Å². The number of sulfonamides is 1.